The molecule has 0 amide bonds. The van der Waals surface area contributed by atoms with Crippen molar-refractivity contribution in [1.82, 2.24) is 14.9 Å². The van der Waals surface area contributed by atoms with Gasteiger partial charge in [0, 0.05) is 31.9 Å². The first-order valence-corrected chi connectivity index (χ1v) is 12.7. The maximum Gasteiger partial charge on any atom is 0.159 e. The van der Waals surface area contributed by atoms with E-state index in [0.29, 0.717) is 17.4 Å². The highest BCUT2D eigenvalue weighted by molar-refractivity contribution is 5.78. The van der Waals surface area contributed by atoms with E-state index in [9.17, 15) is 0 Å². The van der Waals surface area contributed by atoms with Crippen LogP contribution in [0.3, 0.4) is 0 Å². The fourth-order valence-electron chi connectivity index (χ4n) is 4.90. The Morgan fingerprint density at radius 2 is 1.31 bits per heavy atom. The van der Waals surface area contributed by atoms with Gasteiger partial charge in [0.1, 0.15) is 12.0 Å². The molecule has 0 aliphatic carbocycles. The van der Waals surface area contributed by atoms with E-state index >= 15 is 0 Å². The van der Waals surface area contributed by atoms with Crippen LogP contribution < -0.4 is 16.0 Å². The van der Waals surface area contributed by atoms with Gasteiger partial charge in [-0.3, -0.25) is 4.90 Å². The third-order valence-electron chi connectivity index (χ3n) is 6.91. The van der Waals surface area contributed by atoms with Crippen molar-refractivity contribution >= 4 is 23.0 Å². The number of hydrogen-bond acceptors (Lipinski definition) is 6. The minimum absolute atomic E-state index is 0.225. The van der Waals surface area contributed by atoms with Crippen molar-refractivity contribution in [3.8, 4) is 0 Å². The Morgan fingerprint density at radius 1 is 0.722 bits per heavy atom. The highest BCUT2D eigenvalue weighted by Crippen LogP contribution is 2.33. The Hall–Kier alpha value is -3.90. The Labute approximate surface area is 213 Å². The summed E-state index contributed by atoms with van der Waals surface area (Å²) in [5.74, 6) is 1.94. The zero-order valence-electron chi connectivity index (χ0n) is 21.0. The quantitative estimate of drug-likeness (QED) is 0.348. The summed E-state index contributed by atoms with van der Waals surface area (Å²) in [6.07, 6.45) is 1.60. The molecule has 0 atom stereocenters. The first kappa shape index (κ1) is 23.8. The molecule has 1 aromatic heterocycles. The number of nitrogens with one attached hydrogen (secondary N) is 1. The fourth-order valence-corrected chi connectivity index (χ4v) is 4.90. The van der Waals surface area contributed by atoms with Crippen molar-refractivity contribution in [2.45, 2.75) is 25.8 Å². The molecule has 3 N–H and O–H groups in total. The summed E-state index contributed by atoms with van der Waals surface area (Å²) >= 11 is 0. The average molecular weight is 479 g/mol. The fraction of sp³-hybridized carbons (Fsp3) is 0.267. The molecule has 3 aromatic carbocycles. The van der Waals surface area contributed by atoms with Crippen molar-refractivity contribution in [3.63, 3.8) is 0 Å². The summed E-state index contributed by atoms with van der Waals surface area (Å²) in [4.78, 5) is 13.8. The molecule has 6 nitrogen and oxygen atoms in total. The van der Waals surface area contributed by atoms with Crippen molar-refractivity contribution in [2.75, 3.05) is 42.1 Å². The van der Waals surface area contributed by atoms with Crippen LogP contribution in [0.4, 0.5) is 23.0 Å². The molecular formula is C30H34N6. The third-order valence-corrected chi connectivity index (χ3v) is 6.91. The van der Waals surface area contributed by atoms with Gasteiger partial charge in [-0.25, -0.2) is 9.97 Å². The molecule has 6 heteroatoms. The number of piperazine rings is 1. The lowest BCUT2D eigenvalue weighted by Crippen LogP contribution is -2.48. The molecule has 1 fully saturated rings. The predicted octanol–water partition coefficient (Wildman–Crippen LogP) is 5.84. The molecule has 2 heterocycles. The number of hydrogen-bond donors (Lipinski definition) is 2. The van der Waals surface area contributed by atoms with Crippen LogP contribution in [0.2, 0.25) is 0 Å². The number of nitrogens with two attached hydrogens (primary N) is 1. The van der Waals surface area contributed by atoms with Crippen molar-refractivity contribution in [1.29, 1.82) is 0 Å². The van der Waals surface area contributed by atoms with Crippen LogP contribution in [0.5, 0.6) is 0 Å². The second-order valence-corrected chi connectivity index (χ2v) is 9.61. The van der Waals surface area contributed by atoms with Crippen LogP contribution in [0.15, 0.2) is 91.3 Å². The van der Waals surface area contributed by atoms with E-state index in [-0.39, 0.29) is 6.04 Å². The smallest absolute Gasteiger partial charge is 0.159 e. The molecular weight excluding hydrogens is 444 g/mol. The normalized spacial score (nSPS) is 14.4. The van der Waals surface area contributed by atoms with Gasteiger partial charge in [-0.05, 0) is 34.7 Å². The number of rotatable bonds is 7. The zero-order chi connectivity index (χ0) is 24.9. The van der Waals surface area contributed by atoms with Crippen LogP contribution in [-0.4, -0.2) is 41.0 Å². The number of nitrogens with zero attached hydrogens (tertiary/aromatic N) is 4. The van der Waals surface area contributed by atoms with Gasteiger partial charge in [-0.15, -0.1) is 0 Å². The largest absolute Gasteiger partial charge is 0.393 e. The molecule has 1 saturated heterocycles. The first-order valence-electron chi connectivity index (χ1n) is 12.7. The lowest BCUT2D eigenvalue weighted by atomic mass is 9.96. The highest BCUT2D eigenvalue weighted by atomic mass is 15.3. The van der Waals surface area contributed by atoms with E-state index in [1.54, 1.807) is 6.33 Å². The summed E-state index contributed by atoms with van der Waals surface area (Å²) in [6.45, 7) is 7.91. The molecule has 1 aliphatic rings. The van der Waals surface area contributed by atoms with Crippen LogP contribution in [-0.2, 0) is 0 Å². The van der Waals surface area contributed by atoms with Gasteiger partial charge in [-0.2, -0.15) is 0 Å². The highest BCUT2D eigenvalue weighted by Gasteiger charge is 2.28. The molecule has 0 saturated carbocycles. The lowest BCUT2D eigenvalue weighted by molar-refractivity contribution is 0.212. The number of benzene rings is 3. The Kier molecular flexibility index (Phi) is 7.14. The van der Waals surface area contributed by atoms with Crippen molar-refractivity contribution < 1.29 is 0 Å². The minimum Gasteiger partial charge on any atom is -0.393 e. The van der Waals surface area contributed by atoms with Gasteiger partial charge in [0.05, 0.1) is 6.04 Å². The summed E-state index contributed by atoms with van der Waals surface area (Å²) in [6, 6.07) is 30.2. The summed E-state index contributed by atoms with van der Waals surface area (Å²) in [5, 5.41) is 3.37. The number of aromatic nitrogens is 2. The van der Waals surface area contributed by atoms with Gasteiger partial charge >= 0.3 is 0 Å². The molecule has 0 unspecified atom stereocenters. The van der Waals surface area contributed by atoms with Gasteiger partial charge in [0.15, 0.2) is 11.6 Å². The van der Waals surface area contributed by atoms with Gasteiger partial charge in [0.25, 0.3) is 0 Å². The third kappa shape index (κ3) is 5.19. The average Bonchev–Trinajstić information content (AvgIpc) is 2.92. The lowest BCUT2D eigenvalue weighted by Gasteiger charge is -2.40. The van der Waals surface area contributed by atoms with Crippen molar-refractivity contribution in [2.24, 2.45) is 0 Å². The molecule has 184 valence electrons. The van der Waals surface area contributed by atoms with E-state index in [0.717, 1.165) is 37.7 Å². The first-order chi connectivity index (χ1) is 17.6. The molecule has 5 rings (SSSR count). The Balaban J connectivity index is 1.31. The minimum atomic E-state index is 0.225. The topological polar surface area (TPSA) is 70.3 Å². The molecule has 0 spiro atoms. The number of anilines is 4. The second-order valence-electron chi connectivity index (χ2n) is 9.61. The van der Waals surface area contributed by atoms with Gasteiger partial charge < -0.3 is 16.0 Å². The van der Waals surface area contributed by atoms with Gasteiger partial charge in [0.2, 0.25) is 0 Å². The van der Waals surface area contributed by atoms with E-state index in [4.69, 9.17) is 5.73 Å². The standard InChI is InChI=1S/C30H34N6/c1-22(2)23-13-15-26(16-14-23)34-29-27(31)30(33-21-32-29)36-19-17-35(18-20-36)28(24-9-5-3-6-10-24)25-11-7-4-8-12-25/h3-16,21-22,28H,17-20,31H2,1-2H3,(H,32,33,34). The van der Waals surface area contributed by atoms with E-state index in [1.165, 1.54) is 16.7 Å². The van der Waals surface area contributed by atoms with E-state index in [1.807, 2.05) is 0 Å². The molecule has 4 aromatic rings. The maximum atomic E-state index is 6.57. The van der Waals surface area contributed by atoms with Crippen LogP contribution in [0.25, 0.3) is 0 Å². The Morgan fingerprint density at radius 3 is 1.86 bits per heavy atom. The summed E-state index contributed by atoms with van der Waals surface area (Å²) < 4.78 is 0. The van der Waals surface area contributed by atoms with Crippen LogP contribution in [0, 0.1) is 0 Å². The van der Waals surface area contributed by atoms with E-state index < -0.39 is 0 Å². The van der Waals surface area contributed by atoms with Crippen LogP contribution >= 0.6 is 0 Å². The second kappa shape index (κ2) is 10.8. The maximum absolute atomic E-state index is 6.57. The Bertz CT molecular complexity index is 1210. The molecule has 0 bridgehead atoms. The van der Waals surface area contributed by atoms with Crippen molar-refractivity contribution in [3.05, 3.63) is 108 Å². The van der Waals surface area contributed by atoms with E-state index in [2.05, 4.69) is 124 Å². The zero-order valence-corrected chi connectivity index (χ0v) is 21.0. The predicted molar refractivity (Wildman–Crippen MR) is 149 cm³/mol. The summed E-state index contributed by atoms with van der Waals surface area (Å²) in [7, 11) is 0. The summed E-state index contributed by atoms with van der Waals surface area (Å²) in [5.41, 5.74) is 12.1. The molecule has 1 aliphatic heterocycles. The monoisotopic (exact) mass is 478 g/mol. The SMILES string of the molecule is CC(C)c1ccc(Nc2ncnc(N3CCN(C(c4ccccc4)c4ccccc4)CC3)c2N)cc1. The molecule has 36 heavy (non-hydrogen) atoms. The molecule has 0 radical (unpaired) electrons. The van der Waals surface area contributed by atoms with Gasteiger partial charge in [-0.1, -0.05) is 86.6 Å². The number of nitrogen functional groups attached to an aromatic ring is 1. The van der Waals surface area contributed by atoms with Crippen LogP contribution in [0.1, 0.15) is 42.5 Å².